The Morgan fingerprint density at radius 1 is 1.20 bits per heavy atom. The molecule has 2 aromatic heterocycles. The van der Waals surface area contributed by atoms with Crippen molar-refractivity contribution in [3.8, 4) is 11.5 Å². The van der Waals surface area contributed by atoms with Crippen molar-refractivity contribution in [2.24, 2.45) is 0 Å². The van der Waals surface area contributed by atoms with Gasteiger partial charge in [-0.15, -0.1) is 11.3 Å². The summed E-state index contributed by atoms with van der Waals surface area (Å²) in [4.78, 5) is 23.5. The maximum Gasteiger partial charge on any atom is 0.173 e. The Kier molecular flexibility index (Phi) is 4.35. The summed E-state index contributed by atoms with van der Waals surface area (Å²) < 4.78 is 11.0. The van der Waals surface area contributed by atoms with Gasteiger partial charge in [0.25, 0.3) is 0 Å². The Labute approximate surface area is 153 Å². The van der Waals surface area contributed by atoms with Crippen LogP contribution in [0.1, 0.15) is 20.8 Å². The van der Waals surface area contributed by atoms with E-state index in [1.165, 1.54) is 22.2 Å². The predicted octanol–water partition coefficient (Wildman–Crippen LogP) is 4.05. The van der Waals surface area contributed by atoms with Crippen LogP contribution in [0.4, 0.5) is 0 Å². The summed E-state index contributed by atoms with van der Waals surface area (Å²) in [7, 11) is 0. The van der Waals surface area contributed by atoms with Crippen molar-refractivity contribution in [2.75, 3.05) is 19.0 Å². The molecule has 1 aliphatic heterocycles. The van der Waals surface area contributed by atoms with Crippen LogP contribution in [0, 0.1) is 13.8 Å². The van der Waals surface area contributed by atoms with Gasteiger partial charge in [0.1, 0.15) is 29.4 Å². The number of aryl methyl sites for hydroxylation is 2. The second kappa shape index (κ2) is 6.65. The van der Waals surface area contributed by atoms with Gasteiger partial charge >= 0.3 is 0 Å². The number of carbonyl (C=O) groups is 1. The second-order valence-electron chi connectivity index (χ2n) is 5.71. The fraction of sp³-hybridized carbons (Fsp3) is 0.278. The molecule has 1 aromatic carbocycles. The molecule has 0 bridgehead atoms. The summed E-state index contributed by atoms with van der Waals surface area (Å²) >= 11 is 3.11. The van der Waals surface area contributed by atoms with Gasteiger partial charge in [0.05, 0.1) is 5.75 Å². The molecule has 0 N–H and O–H groups in total. The van der Waals surface area contributed by atoms with Crippen molar-refractivity contribution in [1.29, 1.82) is 0 Å². The summed E-state index contributed by atoms with van der Waals surface area (Å²) in [6.45, 7) is 5.20. The first-order valence-electron chi connectivity index (χ1n) is 7.90. The van der Waals surface area contributed by atoms with Crippen LogP contribution in [0.5, 0.6) is 11.5 Å². The van der Waals surface area contributed by atoms with Gasteiger partial charge in [-0.2, -0.15) is 0 Å². The number of fused-ring (bicyclic) bond motifs is 2. The van der Waals surface area contributed by atoms with Crippen molar-refractivity contribution >= 4 is 39.1 Å². The van der Waals surface area contributed by atoms with Gasteiger partial charge in [-0.1, -0.05) is 11.8 Å². The number of ether oxygens (including phenoxy) is 2. The number of thiophene rings is 1. The Balaban J connectivity index is 1.54. The molecule has 0 spiro atoms. The summed E-state index contributed by atoms with van der Waals surface area (Å²) in [6.07, 6.45) is 1.56. The van der Waals surface area contributed by atoms with E-state index < -0.39 is 0 Å². The first-order chi connectivity index (χ1) is 12.1. The van der Waals surface area contributed by atoms with Crippen LogP contribution in [0.2, 0.25) is 0 Å². The molecule has 25 heavy (non-hydrogen) atoms. The lowest BCUT2D eigenvalue weighted by Crippen LogP contribution is -2.16. The number of nitrogens with zero attached hydrogens (tertiary/aromatic N) is 2. The topological polar surface area (TPSA) is 61.3 Å². The molecule has 3 aromatic rings. The minimum Gasteiger partial charge on any atom is -0.486 e. The van der Waals surface area contributed by atoms with E-state index in [-0.39, 0.29) is 5.78 Å². The number of thioether (sulfide) groups is 1. The van der Waals surface area contributed by atoms with E-state index in [2.05, 4.69) is 23.8 Å². The van der Waals surface area contributed by atoms with Crippen molar-refractivity contribution < 1.29 is 14.3 Å². The molecule has 3 heterocycles. The normalized spacial score (nSPS) is 13.2. The lowest BCUT2D eigenvalue weighted by Gasteiger charge is -2.18. The number of ketones is 1. The fourth-order valence-electron chi connectivity index (χ4n) is 2.69. The maximum absolute atomic E-state index is 12.6. The van der Waals surface area contributed by atoms with Gasteiger partial charge < -0.3 is 9.47 Å². The molecule has 0 aliphatic carbocycles. The van der Waals surface area contributed by atoms with Crippen LogP contribution >= 0.6 is 23.1 Å². The van der Waals surface area contributed by atoms with Crippen LogP contribution in [0.15, 0.2) is 29.6 Å². The van der Waals surface area contributed by atoms with Crippen molar-refractivity contribution in [3.63, 3.8) is 0 Å². The SMILES string of the molecule is Cc1sc2ncnc(SCC(=O)c3ccc4c(c3)OCCO4)c2c1C. The Hall–Kier alpha value is -2.12. The van der Waals surface area contributed by atoms with Crippen molar-refractivity contribution in [2.45, 2.75) is 18.9 Å². The largest absolute Gasteiger partial charge is 0.486 e. The molecule has 7 heteroatoms. The minimum atomic E-state index is 0.0401. The standard InChI is InChI=1S/C18H16N2O3S2/c1-10-11(2)25-18-16(10)17(19-9-20-18)24-8-13(21)12-3-4-14-15(7-12)23-6-5-22-14/h3-4,7,9H,5-6,8H2,1-2H3. The van der Waals surface area contributed by atoms with E-state index in [0.717, 1.165) is 15.2 Å². The summed E-state index contributed by atoms with van der Waals surface area (Å²) in [5.74, 6) is 1.69. The number of Topliss-reactive ketones (excluding diaryl/α,β-unsaturated/α-hetero) is 1. The molecule has 0 unspecified atom stereocenters. The average Bonchev–Trinajstić information content (AvgIpc) is 2.94. The maximum atomic E-state index is 12.6. The summed E-state index contributed by atoms with van der Waals surface area (Å²) in [6, 6.07) is 5.33. The first kappa shape index (κ1) is 16.4. The van der Waals surface area contributed by atoms with Crippen LogP contribution < -0.4 is 9.47 Å². The zero-order valence-corrected chi connectivity index (χ0v) is 15.5. The van der Waals surface area contributed by atoms with Crippen LogP contribution in [-0.2, 0) is 0 Å². The molecule has 0 saturated heterocycles. The van der Waals surface area contributed by atoms with E-state index in [1.54, 1.807) is 35.9 Å². The molecule has 0 radical (unpaired) electrons. The monoisotopic (exact) mass is 372 g/mol. The van der Waals surface area contributed by atoms with E-state index in [4.69, 9.17) is 9.47 Å². The number of hydrogen-bond donors (Lipinski definition) is 0. The van der Waals surface area contributed by atoms with Crippen LogP contribution in [-0.4, -0.2) is 34.7 Å². The highest BCUT2D eigenvalue weighted by molar-refractivity contribution is 8.00. The molecule has 128 valence electrons. The number of aromatic nitrogens is 2. The Morgan fingerprint density at radius 3 is 2.84 bits per heavy atom. The molecule has 4 rings (SSSR count). The Bertz CT molecular complexity index is 968. The summed E-state index contributed by atoms with van der Waals surface area (Å²) in [5.41, 5.74) is 1.81. The highest BCUT2D eigenvalue weighted by atomic mass is 32.2. The molecule has 0 fully saturated rings. The fourth-order valence-corrected chi connectivity index (χ4v) is 4.71. The van der Waals surface area contributed by atoms with E-state index in [0.29, 0.717) is 36.0 Å². The van der Waals surface area contributed by atoms with Gasteiger partial charge in [0.15, 0.2) is 17.3 Å². The lowest BCUT2D eigenvalue weighted by atomic mass is 10.1. The zero-order chi connectivity index (χ0) is 17.4. The average molecular weight is 372 g/mol. The van der Waals surface area contributed by atoms with E-state index in [9.17, 15) is 4.79 Å². The predicted molar refractivity (Wildman–Crippen MR) is 99.4 cm³/mol. The smallest absolute Gasteiger partial charge is 0.173 e. The third-order valence-corrected chi connectivity index (χ3v) is 6.24. The third-order valence-electron chi connectivity index (χ3n) is 4.13. The minimum absolute atomic E-state index is 0.0401. The van der Waals surface area contributed by atoms with Crippen LogP contribution in [0.3, 0.4) is 0 Å². The van der Waals surface area contributed by atoms with Gasteiger partial charge in [-0.3, -0.25) is 4.79 Å². The number of hydrogen-bond acceptors (Lipinski definition) is 7. The van der Waals surface area contributed by atoms with Gasteiger partial charge in [0, 0.05) is 15.8 Å². The Morgan fingerprint density at radius 2 is 2.00 bits per heavy atom. The van der Waals surface area contributed by atoms with Crippen molar-refractivity contribution in [3.05, 3.63) is 40.5 Å². The van der Waals surface area contributed by atoms with E-state index in [1.807, 2.05) is 0 Å². The van der Waals surface area contributed by atoms with Crippen LogP contribution in [0.25, 0.3) is 10.2 Å². The zero-order valence-electron chi connectivity index (χ0n) is 13.9. The highest BCUT2D eigenvalue weighted by Gasteiger charge is 2.17. The molecular formula is C18H16N2O3S2. The number of carbonyl (C=O) groups excluding carboxylic acids is 1. The quantitative estimate of drug-likeness (QED) is 0.391. The molecule has 1 aliphatic rings. The van der Waals surface area contributed by atoms with Crippen molar-refractivity contribution in [1.82, 2.24) is 9.97 Å². The summed E-state index contributed by atoms with van der Waals surface area (Å²) in [5, 5.41) is 1.92. The molecular weight excluding hydrogens is 356 g/mol. The highest BCUT2D eigenvalue weighted by Crippen LogP contribution is 2.35. The molecule has 5 nitrogen and oxygen atoms in total. The van der Waals surface area contributed by atoms with Gasteiger partial charge in [0.2, 0.25) is 0 Å². The number of rotatable bonds is 4. The second-order valence-corrected chi connectivity index (χ2v) is 7.88. The van der Waals surface area contributed by atoms with Gasteiger partial charge in [-0.25, -0.2) is 9.97 Å². The molecule has 0 amide bonds. The first-order valence-corrected chi connectivity index (χ1v) is 9.70. The molecule has 0 saturated carbocycles. The third kappa shape index (κ3) is 3.09. The van der Waals surface area contributed by atoms with Gasteiger partial charge in [-0.05, 0) is 37.6 Å². The lowest BCUT2D eigenvalue weighted by molar-refractivity contribution is 0.102. The molecule has 0 atom stereocenters. The van der Waals surface area contributed by atoms with E-state index >= 15 is 0 Å². The number of benzene rings is 1.